The number of benzene rings is 1. The standard InChI is InChI=1S/C11H10FNO3S/c12-7-1-3-8(4-2-7)16-6-5-9-10(14)13-11(15)17-9/h1-4,14H,5-6H2,(H,13,15). The Morgan fingerprint density at radius 3 is 2.65 bits per heavy atom. The number of aromatic nitrogens is 1. The van der Waals surface area contributed by atoms with Gasteiger partial charge in [0.2, 0.25) is 5.88 Å². The van der Waals surface area contributed by atoms with Gasteiger partial charge >= 0.3 is 4.87 Å². The lowest BCUT2D eigenvalue weighted by Gasteiger charge is -2.04. The smallest absolute Gasteiger partial charge is 0.307 e. The summed E-state index contributed by atoms with van der Waals surface area (Å²) in [7, 11) is 0. The third-order valence-corrected chi connectivity index (χ3v) is 3.04. The van der Waals surface area contributed by atoms with Crippen LogP contribution in [-0.4, -0.2) is 16.7 Å². The second-order valence-corrected chi connectivity index (χ2v) is 4.41. The molecule has 1 aromatic carbocycles. The number of aromatic amines is 1. The number of ether oxygens (including phenoxy) is 1. The van der Waals surface area contributed by atoms with Gasteiger partial charge in [-0.25, -0.2) is 4.39 Å². The summed E-state index contributed by atoms with van der Waals surface area (Å²) in [6, 6.07) is 5.66. The maximum absolute atomic E-state index is 12.6. The fraction of sp³-hybridized carbons (Fsp3) is 0.182. The summed E-state index contributed by atoms with van der Waals surface area (Å²) < 4.78 is 17.9. The summed E-state index contributed by atoms with van der Waals surface area (Å²) in [4.78, 5) is 13.4. The van der Waals surface area contributed by atoms with Crippen LogP contribution >= 0.6 is 11.3 Å². The maximum atomic E-state index is 12.6. The Bertz CT molecular complexity index is 547. The van der Waals surface area contributed by atoms with Crippen LogP contribution in [0.25, 0.3) is 0 Å². The third-order valence-electron chi connectivity index (χ3n) is 2.11. The van der Waals surface area contributed by atoms with Gasteiger partial charge in [-0.05, 0) is 24.3 Å². The van der Waals surface area contributed by atoms with Crippen LogP contribution in [0, 0.1) is 5.82 Å². The van der Waals surface area contributed by atoms with Crippen molar-refractivity contribution in [2.75, 3.05) is 6.61 Å². The molecule has 0 saturated heterocycles. The van der Waals surface area contributed by atoms with Gasteiger partial charge in [0.1, 0.15) is 11.6 Å². The molecule has 0 fully saturated rings. The van der Waals surface area contributed by atoms with Gasteiger partial charge in [-0.2, -0.15) is 0 Å². The third kappa shape index (κ3) is 3.07. The van der Waals surface area contributed by atoms with E-state index in [4.69, 9.17) is 4.74 Å². The van der Waals surface area contributed by atoms with Crippen LogP contribution in [0.2, 0.25) is 0 Å². The minimum Gasteiger partial charge on any atom is -0.494 e. The van der Waals surface area contributed by atoms with E-state index in [-0.39, 0.29) is 16.6 Å². The first-order valence-corrected chi connectivity index (χ1v) is 5.76. The van der Waals surface area contributed by atoms with Crippen molar-refractivity contribution in [1.82, 2.24) is 4.98 Å². The monoisotopic (exact) mass is 255 g/mol. The molecule has 0 radical (unpaired) electrons. The van der Waals surface area contributed by atoms with Crippen molar-refractivity contribution >= 4 is 11.3 Å². The predicted molar refractivity (Wildman–Crippen MR) is 62.2 cm³/mol. The number of hydrogen-bond acceptors (Lipinski definition) is 4. The fourth-order valence-electron chi connectivity index (χ4n) is 1.31. The van der Waals surface area contributed by atoms with Crippen molar-refractivity contribution in [3.63, 3.8) is 0 Å². The van der Waals surface area contributed by atoms with Crippen LogP contribution in [-0.2, 0) is 6.42 Å². The van der Waals surface area contributed by atoms with Gasteiger partial charge in [0.15, 0.2) is 0 Å². The van der Waals surface area contributed by atoms with Crippen molar-refractivity contribution in [2.24, 2.45) is 0 Å². The molecular weight excluding hydrogens is 245 g/mol. The van der Waals surface area contributed by atoms with E-state index in [0.29, 0.717) is 23.7 Å². The van der Waals surface area contributed by atoms with E-state index in [2.05, 4.69) is 4.98 Å². The predicted octanol–water partition coefficient (Wildman–Crippen LogP) is 1.90. The minimum absolute atomic E-state index is 0.109. The summed E-state index contributed by atoms with van der Waals surface area (Å²) in [5, 5.41) is 9.31. The quantitative estimate of drug-likeness (QED) is 0.877. The molecule has 2 rings (SSSR count). The van der Waals surface area contributed by atoms with Gasteiger partial charge in [-0.1, -0.05) is 11.3 Å². The molecule has 1 aromatic heterocycles. The van der Waals surface area contributed by atoms with Crippen molar-refractivity contribution < 1.29 is 14.2 Å². The molecular formula is C11H10FNO3S. The summed E-state index contributed by atoms with van der Waals surface area (Å²) in [6.07, 6.45) is 0.423. The second-order valence-electron chi connectivity index (χ2n) is 3.34. The highest BCUT2D eigenvalue weighted by molar-refractivity contribution is 7.09. The van der Waals surface area contributed by atoms with E-state index in [1.54, 1.807) is 0 Å². The highest BCUT2D eigenvalue weighted by Gasteiger charge is 2.06. The number of halogens is 1. The molecule has 1 heterocycles. The van der Waals surface area contributed by atoms with Gasteiger partial charge in [0.05, 0.1) is 11.5 Å². The lowest BCUT2D eigenvalue weighted by atomic mass is 10.3. The zero-order chi connectivity index (χ0) is 12.3. The SMILES string of the molecule is O=c1[nH]c(O)c(CCOc2ccc(F)cc2)s1. The zero-order valence-corrected chi connectivity index (χ0v) is 9.59. The Morgan fingerprint density at radius 1 is 1.35 bits per heavy atom. The van der Waals surface area contributed by atoms with E-state index in [1.807, 2.05) is 0 Å². The number of aromatic hydroxyl groups is 1. The lowest BCUT2D eigenvalue weighted by Crippen LogP contribution is -2.00. The molecule has 4 nitrogen and oxygen atoms in total. The van der Waals surface area contributed by atoms with E-state index in [1.165, 1.54) is 24.3 Å². The van der Waals surface area contributed by atoms with Crippen LogP contribution in [0.3, 0.4) is 0 Å². The van der Waals surface area contributed by atoms with Crippen LogP contribution < -0.4 is 9.61 Å². The highest BCUT2D eigenvalue weighted by Crippen LogP contribution is 2.17. The number of thiazole rings is 1. The summed E-state index contributed by atoms with van der Waals surface area (Å²) in [5.74, 6) is 0.121. The molecule has 0 aliphatic rings. The average Bonchev–Trinajstić information content (AvgIpc) is 2.60. The molecule has 0 aliphatic carbocycles. The van der Waals surface area contributed by atoms with Crippen molar-refractivity contribution in [3.8, 4) is 11.6 Å². The number of H-pyrrole nitrogens is 1. The molecule has 0 atom stereocenters. The number of nitrogens with one attached hydrogen (secondary N) is 1. The lowest BCUT2D eigenvalue weighted by molar-refractivity contribution is 0.319. The minimum atomic E-state index is -0.321. The molecule has 0 bridgehead atoms. The van der Waals surface area contributed by atoms with Crippen molar-refractivity contribution in [1.29, 1.82) is 0 Å². The Hall–Kier alpha value is -1.82. The van der Waals surface area contributed by atoms with E-state index in [0.717, 1.165) is 11.3 Å². The fourth-order valence-corrected chi connectivity index (χ4v) is 2.02. The van der Waals surface area contributed by atoms with Crippen LogP contribution in [0.15, 0.2) is 29.1 Å². The van der Waals surface area contributed by atoms with Crippen LogP contribution in [0.1, 0.15) is 4.88 Å². The topological polar surface area (TPSA) is 62.3 Å². The summed E-state index contributed by atoms with van der Waals surface area (Å²) in [5.41, 5.74) is 0. The number of rotatable bonds is 4. The van der Waals surface area contributed by atoms with E-state index < -0.39 is 0 Å². The summed E-state index contributed by atoms with van der Waals surface area (Å²) >= 11 is 0.951. The summed E-state index contributed by atoms with van der Waals surface area (Å²) in [6.45, 7) is 0.312. The molecule has 17 heavy (non-hydrogen) atoms. The molecule has 0 aliphatic heterocycles. The Kier molecular flexibility index (Phi) is 3.43. The molecule has 2 aromatic rings. The van der Waals surface area contributed by atoms with E-state index >= 15 is 0 Å². The van der Waals surface area contributed by atoms with Gasteiger partial charge < -0.3 is 9.84 Å². The van der Waals surface area contributed by atoms with E-state index in [9.17, 15) is 14.3 Å². The first-order chi connectivity index (χ1) is 8.15. The van der Waals surface area contributed by atoms with Gasteiger partial charge in [0, 0.05) is 6.42 Å². The van der Waals surface area contributed by atoms with Crippen LogP contribution in [0.5, 0.6) is 11.6 Å². The first-order valence-electron chi connectivity index (χ1n) is 4.94. The van der Waals surface area contributed by atoms with Gasteiger partial charge in [-0.3, -0.25) is 9.78 Å². The average molecular weight is 255 g/mol. The number of hydrogen-bond donors (Lipinski definition) is 2. The molecule has 6 heteroatoms. The molecule has 2 N–H and O–H groups in total. The molecule has 90 valence electrons. The van der Waals surface area contributed by atoms with Crippen LogP contribution in [0.4, 0.5) is 4.39 Å². The Labute approximate surface area is 100 Å². The molecule has 0 unspecified atom stereocenters. The van der Waals surface area contributed by atoms with Gasteiger partial charge in [-0.15, -0.1) is 0 Å². The van der Waals surface area contributed by atoms with Crippen molar-refractivity contribution in [2.45, 2.75) is 6.42 Å². The highest BCUT2D eigenvalue weighted by atomic mass is 32.1. The largest absolute Gasteiger partial charge is 0.494 e. The maximum Gasteiger partial charge on any atom is 0.307 e. The molecule has 0 saturated carbocycles. The molecule has 0 amide bonds. The molecule has 0 spiro atoms. The zero-order valence-electron chi connectivity index (χ0n) is 8.77. The van der Waals surface area contributed by atoms with Crippen molar-refractivity contribution in [3.05, 3.63) is 44.6 Å². The normalized spacial score (nSPS) is 10.4. The Morgan fingerprint density at radius 2 is 2.06 bits per heavy atom. The van der Waals surface area contributed by atoms with Gasteiger partial charge in [0.25, 0.3) is 0 Å². The second kappa shape index (κ2) is 5.01. The Balaban J connectivity index is 1.89. The first kappa shape index (κ1) is 11.7.